The summed E-state index contributed by atoms with van der Waals surface area (Å²) in [7, 11) is 0. The van der Waals surface area contributed by atoms with E-state index in [2.05, 4.69) is 24.3 Å². The SMILES string of the molecule is Cc1cc2c(O)c(O)ccc2c2ccc3ccccc3c12. The summed E-state index contributed by atoms with van der Waals surface area (Å²) in [5, 5.41) is 26.2. The number of phenolic OH excluding ortho intramolecular Hbond substituents is 2. The minimum atomic E-state index is -0.0814. The van der Waals surface area contributed by atoms with Crippen LogP contribution in [0.4, 0.5) is 0 Å². The van der Waals surface area contributed by atoms with Gasteiger partial charge >= 0.3 is 0 Å². The predicted molar refractivity (Wildman–Crippen MR) is 87.0 cm³/mol. The Morgan fingerprint density at radius 1 is 0.714 bits per heavy atom. The van der Waals surface area contributed by atoms with Gasteiger partial charge in [0, 0.05) is 5.39 Å². The fraction of sp³-hybridized carbons (Fsp3) is 0.0526. The number of fused-ring (bicyclic) bond motifs is 5. The summed E-state index contributed by atoms with van der Waals surface area (Å²) < 4.78 is 0. The smallest absolute Gasteiger partial charge is 0.165 e. The van der Waals surface area contributed by atoms with Crippen LogP contribution in [0.1, 0.15) is 5.56 Å². The van der Waals surface area contributed by atoms with Crippen molar-refractivity contribution in [3.8, 4) is 11.5 Å². The Hall–Kier alpha value is -2.74. The fourth-order valence-corrected chi connectivity index (χ4v) is 3.19. The minimum absolute atomic E-state index is 0.0503. The van der Waals surface area contributed by atoms with Crippen LogP contribution in [-0.4, -0.2) is 10.2 Å². The summed E-state index contributed by atoms with van der Waals surface area (Å²) in [6, 6.07) is 17.8. The van der Waals surface area contributed by atoms with Gasteiger partial charge in [-0.15, -0.1) is 0 Å². The highest BCUT2D eigenvalue weighted by atomic mass is 16.3. The van der Waals surface area contributed by atoms with Gasteiger partial charge in [-0.2, -0.15) is 0 Å². The van der Waals surface area contributed by atoms with Crippen molar-refractivity contribution in [1.29, 1.82) is 0 Å². The van der Waals surface area contributed by atoms with Gasteiger partial charge in [0.15, 0.2) is 11.5 Å². The molecule has 4 rings (SSSR count). The summed E-state index contributed by atoms with van der Waals surface area (Å²) in [5.41, 5.74) is 1.09. The molecule has 0 bridgehead atoms. The van der Waals surface area contributed by atoms with Gasteiger partial charge in [-0.1, -0.05) is 36.4 Å². The quantitative estimate of drug-likeness (QED) is 0.355. The zero-order chi connectivity index (χ0) is 14.6. The first-order valence-corrected chi connectivity index (χ1v) is 6.92. The van der Waals surface area contributed by atoms with Gasteiger partial charge in [-0.25, -0.2) is 0 Å². The molecule has 0 amide bonds. The van der Waals surface area contributed by atoms with Crippen LogP contribution in [0.25, 0.3) is 32.3 Å². The molecule has 2 heteroatoms. The molecule has 0 radical (unpaired) electrons. The van der Waals surface area contributed by atoms with Gasteiger partial charge in [0.2, 0.25) is 0 Å². The summed E-state index contributed by atoms with van der Waals surface area (Å²) in [5.74, 6) is -0.132. The molecule has 102 valence electrons. The molecule has 0 saturated heterocycles. The Bertz CT molecular complexity index is 1020. The molecule has 21 heavy (non-hydrogen) atoms. The molecular weight excluding hydrogens is 260 g/mol. The third kappa shape index (κ3) is 1.59. The molecule has 0 unspecified atom stereocenters. The molecule has 0 fully saturated rings. The number of rotatable bonds is 0. The van der Waals surface area contributed by atoms with E-state index in [0.717, 1.165) is 16.3 Å². The molecule has 0 saturated carbocycles. The highest BCUT2D eigenvalue weighted by molar-refractivity contribution is 6.19. The van der Waals surface area contributed by atoms with Gasteiger partial charge < -0.3 is 10.2 Å². The Kier molecular flexibility index (Phi) is 2.36. The number of hydrogen-bond donors (Lipinski definition) is 2. The van der Waals surface area contributed by atoms with Crippen molar-refractivity contribution in [1.82, 2.24) is 0 Å². The van der Waals surface area contributed by atoms with Gasteiger partial charge in [0.25, 0.3) is 0 Å². The van der Waals surface area contributed by atoms with Crippen molar-refractivity contribution in [2.45, 2.75) is 6.92 Å². The Morgan fingerprint density at radius 2 is 1.48 bits per heavy atom. The topological polar surface area (TPSA) is 40.5 Å². The number of hydrogen-bond acceptors (Lipinski definition) is 2. The first-order valence-electron chi connectivity index (χ1n) is 6.92. The Balaban J connectivity index is 2.32. The van der Waals surface area contributed by atoms with Crippen LogP contribution in [-0.2, 0) is 0 Å². The molecule has 0 aliphatic heterocycles. The molecule has 0 heterocycles. The van der Waals surface area contributed by atoms with E-state index in [4.69, 9.17) is 0 Å². The lowest BCUT2D eigenvalue weighted by molar-refractivity contribution is 0.408. The molecule has 0 aliphatic carbocycles. The highest BCUT2D eigenvalue weighted by Crippen LogP contribution is 2.40. The lowest BCUT2D eigenvalue weighted by Crippen LogP contribution is -1.85. The second kappa shape index (κ2) is 4.13. The molecular formula is C19H14O2. The van der Waals surface area contributed by atoms with Crippen molar-refractivity contribution in [2.24, 2.45) is 0 Å². The number of aromatic hydroxyl groups is 2. The van der Waals surface area contributed by atoms with Crippen LogP contribution >= 0.6 is 0 Å². The van der Waals surface area contributed by atoms with Crippen LogP contribution in [0, 0.1) is 6.92 Å². The van der Waals surface area contributed by atoms with Crippen LogP contribution in [0.3, 0.4) is 0 Å². The van der Waals surface area contributed by atoms with Gasteiger partial charge in [-0.3, -0.25) is 0 Å². The molecule has 0 spiro atoms. The van der Waals surface area contributed by atoms with E-state index in [1.165, 1.54) is 16.2 Å². The average molecular weight is 274 g/mol. The second-order valence-electron chi connectivity index (χ2n) is 5.43. The van der Waals surface area contributed by atoms with Crippen molar-refractivity contribution < 1.29 is 10.2 Å². The van der Waals surface area contributed by atoms with Crippen LogP contribution < -0.4 is 0 Å². The van der Waals surface area contributed by atoms with E-state index in [9.17, 15) is 10.2 Å². The summed E-state index contributed by atoms with van der Waals surface area (Å²) >= 11 is 0. The molecule has 0 atom stereocenters. The Morgan fingerprint density at radius 3 is 2.33 bits per heavy atom. The lowest BCUT2D eigenvalue weighted by Gasteiger charge is -2.12. The summed E-state index contributed by atoms with van der Waals surface area (Å²) in [6.07, 6.45) is 0. The number of benzene rings is 4. The zero-order valence-corrected chi connectivity index (χ0v) is 11.6. The largest absolute Gasteiger partial charge is 0.504 e. The lowest BCUT2D eigenvalue weighted by atomic mass is 9.93. The highest BCUT2D eigenvalue weighted by Gasteiger charge is 2.12. The molecule has 2 nitrogen and oxygen atoms in total. The van der Waals surface area contributed by atoms with Crippen molar-refractivity contribution in [3.63, 3.8) is 0 Å². The van der Waals surface area contributed by atoms with Crippen LogP contribution in [0.15, 0.2) is 54.6 Å². The maximum absolute atomic E-state index is 10.1. The van der Waals surface area contributed by atoms with E-state index in [1.807, 2.05) is 31.2 Å². The molecule has 4 aromatic carbocycles. The monoisotopic (exact) mass is 274 g/mol. The zero-order valence-electron chi connectivity index (χ0n) is 11.6. The first-order chi connectivity index (χ1) is 10.2. The standard InChI is InChI=1S/C19H14O2/c1-11-10-16-14(8-9-17(20)19(16)21)15-7-6-12-4-2-3-5-13(12)18(11)15/h2-10,20-21H,1H3. The third-order valence-electron chi connectivity index (χ3n) is 4.17. The van der Waals surface area contributed by atoms with E-state index in [1.54, 1.807) is 6.07 Å². The molecule has 0 aliphatic rings. The van der Waals surface area contributed by atoms with Gasteiger partial charge in [0.05, 0.1) is 0 Å². The van der Waals surface area contributed by atoms with E-state index in [-0.39, 0.29) is 11.5 Å². The molecule has 0 aromatic heterocycles. The molecule has 2 N–H and O–H groups in total. The van der Waals surface area contributed by atoms with Crippen molar-refractivity contribution in [2.75, 3.05) is 0 Å². The average Bonchev–Trinajstić information content (AvgIpc) is 2.51. The maximum Gasteiger partial charge on any atom is 0.165 e. The fourth-order valence-electron chi connectivity index (χ4n) is 3.19. The van der Waals surface area contributed by atoms with Gasteiger partial charge in [0.1, 0.15) is 0 Å². The minimum Gasteiger partial charge on any atom is -0.504 e. The predicted octanol–water partition coefficient (Wildman–Crippen LogP) is 4.87. The second-order valence-corrected chi connectivity index (χ2v) is 5.43. The van der Waals surface area contributed by atoms with Crippen LogP contribution in [0.2, 0.25) is 0 Å². The van der Waals surface area contributed by atoms with Crippen molar-refractivity contribution >= 4 is 32.3 Å². The first kappa shape index (κ1) is 12.0. The number of phenols is 2. The van der Waals surface area contributed by atoms with E-state index in [0.29, 0.717) is 5.39 Å². The van der Waals surface area contributed by atoms with Crippen molar-refractivity contribution in [3.05, 3.63) is 60.2 Å². The normalized spacial score (nSPS) is 11.5. The maximum atomic E-state index is 10.1. The number of aryl methyl sites for hydroxylation is 1. The van der Waals surface area contributed by atoms with Crippen LogP contribution in [0.5, 0.6) is 11.5 Å². The Labute approximate surface area is 121 Å². The van der Waals surface area contributed by atoms with E-state index < -0.39 is 0 Å². The van der Waals surface area contributed by atoms with E-state index >= 15 is 0 Å². The summed E-state index contributed by atoms with van der Waals surface area (Å²) in [4.78, 5) is 0. The molecule has 4 aromatic rings. The third-order valence-corrected chi connectivity index (χ3v) is 4.17. The summed E-state index contributed by atoms with van der Waals surface area (Å²) in [6.45, 7) is 2.04. The van der Waals surface area contributed by atoms with Gasteiger partial charge in [-0.05, 0) is 57.6 Å².